The van der Waals surface area contributed by atoms with E-state index in [-0.39, 0.29) is 24.2 Å². The number of nitrogens with zero attached hydrogens (tertiary/aromatic N) is 4. The predicted molar refractivity (Wildman–Crippen MR) is 94.8 cm³/mol. The minimum absolute atomic E-state index is 0.123. The number of fused-ring (bicyclic) bond motifs is 1. The zero-order valence-electron chi connectivity index (χ0n) is 14.4. The number of benzene rings is 1. The fourth-order valence-corrected chi connectivity index (χ4v) is 2.56. The Labute approximate surface area is 145 Å². The number of imidazole rings is 1. The average molecular weight is 342 g/mol. The number of rotatable bonds is 7. The van der Waals surface area contributed by atoms with Crippen LogP contribution in [0.3, 0.4) is 0 Å². The number of ether oxygens (including phenoxy) is 1. The summed E-state index contributed by atoms with van der Waals surface area (Å²) in [6.07, 6.45) is 2.25. The predicted octanol–water partition coefficient (Wildman–Crippen LogP) is 1.62. The summed E-state index contributed by atoms with van der Waals surface area (Å²) in [6, 6.07) is 9.59. The van der Waals surface area contributed by atoms with Crippen LogP contribution in [0.5, 0.6) is 0 Å². The smallest absolute Gasteiger partial charge is 0.281 e. The molecule has 1 aromatic carbocycles. The Bertz CT molecular complexity index is 886. The number of hydrogen-bond donors (Lipinski definition) is 1. The summed E-state index contributed by atoms with van der Waals surface area (Å²) < 4.78 is 8.55. The van der Waals surface area contributed by atoms with Crippen molar-refractivity contribution in [2.24, 2.45) is 5.92 Å². The molecule has 0 saturated heterocycles. The molecule has 3 aromatic rings. The highest BCUT2D eigenvalue weighted by atomic mass is 16.5. The molecule has 1 atom stereocenters. The summed E-state index contributed by atoms with van der Waals surface area (Å²) >= 11 is 0. The minimum atomic E-state index is -0.771. The first-order valence-corrected chi connectivity index (χ1v) is 8.30. The molecule has 0 saturated carbocycles. The first-order chi connectivity index (χ1) is 12.1. The number of aromatic nitrogens is 4. The molecule has 0 bridgehead atoms. The molecule has 132 valence electrons. The van der Waals surface area contributed by atoms with Gasteiger partial charge in [-0.05, 0) is 18.1 Å². The van der Waals surface area contributed by atoms with Gasteiger partial charge in [-0.1, -0.05) is 32.0 Å². The van der Waals surface area contributed by atoms with Crippen LogP contribution >= 0.6 is 0 Å². The van der Waals surface area contributed by atoms with E-state index in [1.807, 2.05) is 44.2 Å². The lowest BCUT2D eigenvalue weighted by Gasteiger charge is -2.13. The Kier molecular flexibility index (Phi) is 5.25. The normalized spacial score (nSPS) is 12.8. The van der Waals surface area contributed by atoms with Crippen LogP contribution < -0.4 is 5.56 Å². The molecule has 0 fully saturated rings. The van der Waals surface area contributed by atoms with E-state index in [0.29, 0.717) is 18.2 Å². The van der Waals surface area contributed by atoms with Crippen molar-refractivity contribution in [2.75, 3.05) is 13.2 Å². The molecule has 0 aliphatic rings. The van der Waals surface area contributed by atoms with Crippen molar-refractivity contribution in [3.05, 3.63) is 53.3 Å². The maximum atomic E-state index is 12.6. The topological polar surface area (TPSA) is 82.2 Å². The third kappa shape index (κ3) is 3.94. The molecule has 1 N–H and O–H groups in total. The van der Waals surface area contributed by atoms with Gasteiger partial charge < -0.3 is 9.84 Å². The third-order valence-electron chi connectivity index (χ3n) is 3.73. The molecule has 25 heavy (non-hydrogen) atoms. The highest BCUT2D eigenvalue weighted by Gasteiger charge is 2.14. The number of aliphatic hydroxyl groups excluding tert-OH is 1. The fourth-order valence-electron chi connectivity index (χ4n) is 2.56. The Hall–Kier alpha value is -2.51. The molecule has 3 rings (SSSR count). The van der Waals surface area contributed by atoms with Crippen LogP contribution in [0.4, 0.5) is 0 Å². The zero-order valence-corrected chi connectivity index (χ0v) is 14.4. The molecule has 0 spiro atoms. The molecule has 7 nitrogen and oxygen atoms in total. The maximum Gasteiger partial charge on any atom is 0.281 e. The molecule has 1 unspecified atom stereocenters. The van der Waals surface area contributed by atoms with E-state index in [2.05, 4.69) is 9.97 Å². The maximum absolute atomic E-state index is 12.6. The van der Waals surface area contributed by atoms with Crippen molar-refractivity contribution in [1.29, 1.82) is 0 Å². The molecular formula is C18H22N4O3. The summed E-state index contributed by atoms with van der Waals surface area (Å²) in [6.45, 7) is 4.96. The molecule has 0 aliphatic heterocycles. The van der Waals surface area contributed by atoms with Crippen molar-refractivity contribution in [3.8, 4) is 5.69 Å². The fraction of sp³-hybridized carbons (Fsp3) is 0.389. The lowest BCUT2D eigenvalue weighted by molar-refractivity contribution is 0.0176. The van der Waals surface area contributed by atoms with Gasteiger partial charge in [0.1, 0.15) is 12.7 Å². The van der Waals surface area contributed by atoms with Gasteiger partial charge in [0.2, 0.25) is 0 Å². The average Bonchev–Trinajstić information content (AvgIpc) is 3.02. The molecule has 0 amide bonds. The second-order valence-electron chi connectivity index (χ2n) is 6.41. The first-order valence-electron chi connectivity index (χ1n) is 8.30. The molecular weight excluding hydrogens is 320 g/mol. The van der Waals surface area contributed by atoms with Gasteiger partial charge in [-0.25, -0.2) is 9.97 Å². The van der Waals surface area contributed by atoms with Gasteiger partial charge in [-0.15, -0.1) is 0 Å². The summed E-state index contributed by atoms with van der Waals surface area (Å²) in [5, 5.41) is 10.1. The van der Waals surface area contributed by atoms with Crippen molar-refractivity contribution in [3.63, 3.8) is 0 Å². The highest BCUT2D eigenvalue weighted by Crippen LogP contribution is 2.13. The summed E-state index contributed by atoms with van der Waals surface area (Å²) in [5.74, 6) is 0.398. The van der Waals surface area contributed by atoms with E-state index < -0.39 is 6.10 Å². The van der Waals surface area contributed by atoms with Gasteiger partial charge in [0.05, 0.1) is 19.3 Å². The highest BCUT2D eigenvalue weighted by molar-refractivity contribution is 5.71. The van der Waals surface area contributed by atoms with Crippen molar-refractivity contribution in [2.45, 2.75) is 26.5 Å². The Morgan fingerprint density at radius 3 is 2.60 bits per heavy atom. The number of hydrogen-bond acceptors (Lipinski definition) is 5. The second-order valence-corrected chi connectivity index (χ2v) is 6.41. The van der Waals surface area contributed by atoms with Crippen LogP contribution in [-0.2, 0) is 11.3 Å². The van der Waals surface area contributed by atoms with Crippen LogP contribution in [-0.4, -0.2) is 43.5 Å². The lowest BCUT2D eigenvalue weighted by Crippen LogP contribution is -2.30. The first kappa shape index (κ1) is 17.3. The third-order valence-corrected chi connectivity index (χ3v) is 3.73. The van der Waals surface area contributed by atoms with Crippen molar-refractivity contribution < 1.29 is 9.84 Å². The number of para-hydroxylation sites is 1. The van der Waals surface area contributed by atoms with Crippen LogP contribution in [0.25, 0.3) is 16.9 Å². The van der Waals surface area contributed by atoms with E-state index in [4.69, 9.17) is 4.74 Å². The molecule has 7 heteroatoms. The lowest BCUT2D eigenvalue weighted by atomic mass is 10.2. The largest absolute Gasteiger partial charge is 0.389 e. The molecule has 0 aliphatic carbocycles. The quantitative estimate of drug-likeness (QED) is 0.705. The van der Waals surface area contributed by atoms with Gasteiger partial charge in [0.25, 0.3) is 5.56 Å². The number of aliphatic hydroxyl groups is 1. The van der Waals surface area contributed by atoms with E-state index in [1.54, 1.807) is 10.9 Å². The van der Waals surface area contributed by atoms with Gasteiger partial charge >= 0.3 is 0 Å². The second kappa shape index (κ2) is 7.58. The van der Waals surface area contributed by atoms with Gasteiger partial charge in [0.15, 0.2) is 11.2 Å². The monoisotopic (exact) mass is 342 g/mol. The molecule has 2 aromatic heterocycles. The van der Waals surface area contributed by atoms with E-state index >= 15 is 0 Å². The van der Waals surface area contributed by atoms with Crippen LogP contribution in [0.15, 0.2) is 47.8 Å². The van der Waals surface area contributed by atoms with Gasteiger partial charge in [0, 0.05) is 12.3 Å². The summed E-state index contributed by atoms with van der Waals surface area (Å²) in [4.78, 5) is 21.1. The SMILES string of the molecule is CC(C)COCC(O)Cn1cnc2c(ncn2-c2ccccc2)c1=O. The van der Waals surface area contributed by atoms with Gasteiger partial charge in [-0.2, -0.15) is 0 Å². The summed E-state index contributed by atoms with van der Waals surface area (Å²) in [7, 11) is 0. The van der Waals surface area contributed by atoms with E-state index in [1.165, 1.54) is 10.9 Å². The van der Waals surface area contributed by atoms with Gasteiger partial charge in [-0.3, -0.25) is 13.9 Å². The van der Waals surface area contributed by atoms with E-state index in [0.717, 1.165) is 5.69 Å². The Balaban J connectivity index is 1.80. The molecule has 2 heterocycles. The van der Waals surface area contributed by atoms with Crippen LogP contribution in [0.2, 0.25) is 0 Å². The minimum Gasteiger partial charge on any atom is -0.389 e. The van der Waals surface area contributed by atoms with E-state index in [9.17, 15) is 9.90 Å². The Morgan fingerprint density at radius 2 is 1.88 bits per heavy atom. The molecule has 0 radical (unpaired) electrons. The zero-order chi connectivity index (χ0) is 17.8. The van der Waals surface area contributed by atoms with Crippen molar-refractivity contribution in [1.82, 2.24) is 19.1 Å². The van der Waals surface area contributed by atoms with Crippen LogP contribution in [0.1, 0.15) is 13.8 Å². The standard InChI is InChI=1S/C18H22N4O3/c1-13(2)9-25-10-15(23)8-21-11-20-17-16(18(21)24)19-12-22(17)14-6-4-3-5-7-14/h3-7,11-13,15,23H,8-10H2,1-2H3. The van der Waals surface area contributed by atoms with Crippen molar-refractivity contribution >= 4 is 11.2 Å². The van der Waals surface area contributed by atoms with Crippen LogP contribution in [0, 0.1) is 5.92 Å². The Morgan fingerprint density at radius 1 is 1.12 bits per heavy atom. The summed E-state index contributed by atoms with van der Waals surface area (Å²) in [5.41, 5.74) is 1.39.